The topological polar surface area (TPSA) is 65.7 Å². The van der Waals surface area contributed by atoms with Crippen LogP contribution in [0.3, 0.4) is 0 Å². The van der Waals surface area contributed by atoms with Crippen LogP contribution in [0.1, 0.15) is 30.4 Å². The third kappa shape index (κ3) is 2.57. The summed E-state index contributed by atoms with van der Waals surface area (Å²) in [5.74, 6) is 1.54. The van der Waals surface area contributed by atoms with E-state index in [9.17, 15) is 5.11 Å². The van der Waals surface area contributed by atoms with Gasteiger partial charge in [0.15, 0.2) is 11.5 Å². The first-order valence-corrected chi connectivity index (χ1v) is 9.41. The third-order valence-corrected chi connectivity index (χ3v) is 6.36. The minimum atomic E-state index is -0.472. The van der Waals surface area contributed by atoms with E-state index in [1.807, 2.05) is 12.1 Å². The van der Waals surface area contributed by atoms with E-state index in [-0.39, 0.29) is 11.5 Å². The fourth-order valence-corrected chi connectivity index (χ4v) is 4.95. The van der Waals surface area contributed by atoms with Crippen molar-refractivity contribution in [2.75, 3.05) is 20.2 Å². The Labute approximate surface area is 156 Å². The molecule has 1 spiro atoms. The van der Waals surface area contributed by atoms with Crippen LogP contribution in [0, 0.1) is 11.3 Å². The molecule has 3 aliphatic rings. The average Bonchev–Trinajstić information content (AvgIpc) is 2.83. The molecule has 0 bridgehead atoms. The molecule has 1 aliphatic carbocycles. The molecular formula is C19H21BrN2O3. The van der Waals surface area contributed by atoms with Gasteiger partial charge in [-0.1, -0.05) is 28.1 Å². The third-order valence-electron chi connectivity index (χ3n) is 5.65. The lowest BCUT2D eigenvalue weighted by atomic mass is 9.69. The number of aliphatic hydroxyl groups excluding tert-OH is 1. The van der Waals surface area contributed by atoms with Crippen molar-refractivity contribution in [1.29, 1.82) is 5.26 Å². The van der Waals surface area contributed by atoms with E-state index in [1.54, 1.807) is 7.11 Å². The van der Waals surface area contributed by atoms with E-state index in [4.69, 9.17) is 14.7 Å². The van der Waals surface area contributed by atoms with Crippen molar-refractivity contribution >= 4 is 15.9 Å². The highest BCUT2D eigenvalue weighted by Gasteiger charge is 2.53. The zero-order valence-electron chi connectivity index (χ0n) is 14.2. The van der Waals surface area contributed by atoms with Gasteiger partial charge in [0.25, 0.3) is 0 Å². The van der Waals surface area contributed by atoms with E-state index in [1.165, 1.54) is 11.1 Å². The van der Waals surface area contributed by atoms with Crippen LogP contribution in [-0.4, -0.2) is 42.4 Å². The van der Waals surface area contributed by atoms with Crippen molar-refractivity contribution in [2.45, 2.75) is 43.4 Å². The van der Waals surface area contributed by atoms with Crippen LogP contribution < -0.4 is 9.47 Å². The number of hydrogen-bond acceptors (Lipinski definition) is 5. The summed E-state index contributed by atoms with van der Waals surface area (Å²) in [6, 6.07) is 4.21. The smallest absolute Gasteiger partial charge is 0.166 e. The summed E-state index contributed by atoms with van der Waals surface area (Å²) in [6.07, 6.45) is 5.51. The summed E-state index contributed by atoms with van der Waals surface area (Å²) in [7, 11) is 1.66. The molecule has 0 saturated carbocycles. The van der Waals surface area contributed by atoms with Gasteiger partial charge in [0.2, 0.25) is 0 Å². The molecule has 5 nitrogen and oxygen atoms in total. The molecule has 132 valence electrons. The SMILES string of the molecule is COc1cc(Br)c2c3c1OC1C[C@@H](O)C=CC31CCN(CCC#N)C2. The Morgan fingerprint density at radius 2 is 2.40 bits per heavy atom. The number of nitriles is 1. The van der Waals surface area contributed by atoms with E-state index in [0.717, 1.165) is 42.0 Å². The van der Waals surface area contributed by atoms with E-state index >= 15 is 0 Å². The molecular weight excluding hydrogens is 384 g/mol. The standard InChI is InChI=1S/C19H21BrN2O3/c1-24-15-10-14(20)13-11-22(7-2-6-21)8-5-19-4-3-12(23)9-16(19)25-18(15)17(13)19/h3-4,10,12,16,23H,2,5,7-9,11H2,1H3/t12-,16?,19?/m0/s1. The number of ether oxygens (including phenoxy) is 2. The Balaban J connectivity index is 1.87. The molecule has 25 heavy (non-hydrogen) atoms. The number of methoxy groups -OCH3 is 1. The normalized spacial score (nSPS) is 30.0. The van der Waals surface area contributed by atoms with Crippen LogP contribution in [-0.2, 0) is 12.0 Å². The lowest BCUT2D eigenvalue weighted by Gasteiger charge is -2.35. The second kappa shape index (κ2) is 6.31. The van der Waals surface area contributed by atoms with Crippen molar-refractivity contribution in [3.8, 4) is 17.6 Å². The molecule has 2 aliphatic heterocycles. The van der Waals surface area contributed by atoms with Gasteiger partial charge in [-0.25, -0.2) is 0 Å². The summed E-state index contributed by atoms with van der Waals surface area (Å²) in [5, 5.41) is 19.0. The van der Waals surface area contributed by atoms with E-state index < -0.39 is 6.10 Å². The lowest BCUT2D eigenvalue weighted by molar-refractivity contribution is 0.0811. The molecule has 0 fully saturated rings. The highest BCUT2D eigenvalue weighted by atomic mass is 79.9. The van der Waals surface area contributed by atoms with E-state index in [2.05, 4.69) is 33.0 Å². The maximum absolute atomic E-state index is 10.1. The van der Waals surface area contributed by atoms with Gasteiger partial charge in [-0.15, -0.1) is 0 Å². The second-order valence-electron chi connectivity index (χ2n) is 6.99. The van der Waals surface area contributed by atoms with Crippen molar-refractivity contribution < 1.29 is 14.6 Å². The second-order valence-corrected chi connectivity index (χ2v) is 7.84. The Morgan fingerprint density at radius 1 is 1.56 bits per heavy atom. The molecule has 6 heteroatoms. The summed E-state index contributed by atoms with van der Waals surface area (Å²) >= 11 is 3.72. The predicted molar refractivity (Wildman–Crippen MR) is 96.7 cm³/mol. The maximum atomic E-state index is 10.1. The highest BCUT2D eigenvalue weighted by molar-refractivity contribution is 9.10. The Morgan fingerprint density at radius 3 is 3.16 bits per heavy atom. The van der Waals surface area contributed by atoms with Crippen LogP contribution in [0.5, 0.6) is 11.5 Å². The molecule has 3 atom stereocenters. The molecule has 0 radical (unpaired) electrons. The molecule has 1 aromatic carbocycles. The Hall–Kier alpha value is -1.55. The highest BCUT2D eigenvalue weighted by Crippen LogP contribution is 2.57. The Kier molecular flexibility index (Phi) is 4.27. The van der Waals surface area contributed by atoms with Gasteiger partial charge >= 0.3 is 0 Å². The van der Waals surface area contributed by atoms with Gasteiger partial charge in [-0.05, 0) is 24.6 Å². The zero-order valence-corrected chi connectivity index (χ0v) is 15.8. The van der Waals surface area contributed by atoms with Crippen molar-refractivity contribution in [3.63, 3.8) is 0 Å². The van der Waals surface area contributed by atoms with Crippen LogP contribution in [0.4, 0.5) is 0 Å². The fourth-order valence-electron chi connectivity index (χ4n) is 4.42. The summed E-state index contributed by atoms with van der Waals surface area (Å²) in [6.45, 7) is 2.44. The average molecular weight is 405 g/mol. The number of hydrogen-bond donors (Lipinski definition) is 1. The van der Waals surface area contributed by atoms with Crippen molar-refractivity contribution in [1.82, 2.24) is 4.90 Å². The van der Waals surface area contributed by atoms with Crippen molar-refractivity contribution in [3.05, 3.63) is 33.8 Å². The predicted octanol–water partition coefficient (Wildman–Crippen LogP) is 2.90. The molecule has 0 amide bonds. The molecule has 2 heterocycles. The number of halogens is 1. The Bertz CT molecular complexity index is 773. The quantitative estimate of drug-likeness (QED) is 0.784. The molecule has 1 aromatic rings. The molecule has 2 unspecified atom stereocenters. The first kappa shape index (κ1) is 16.9. The maximum Gasteiger partial charge on any atom is 0.166 e. The van der Waals surface area contributed by atoms with Crippen LogP contribution in [0.15, 0.2) is 22.7 Å². The summed E-state index contributed by atoms with van der Waals surface area (Å²) < 4.78 is 12.9. The van der Waals surface area contributed by atoms with Gasteiger partial charge in [-0.3, -0.25) is 4.90 Å². The van der Waals surface area contributed by atoms with Crippen LogP contribution in [0.25, 0.3) is 0 Å². The van der Waals surface area contributed by atoms with Crippen LogP contribution >= 0.6 is 15.9 Å². The summed E-state index contributed by atoms with van der Waals surface area (Å²) in [4.78, 5) is 2.33. The number of aliphatic hydroxyl groups is 1. The number of rotatable bonds is 3. The van der Waals surface area contributed by atoms with Gasteiger partial charge < -0.3 is 14.6 Å². The lowest BCUT2D eigenvalue weighted by Crippen LogP contribution is -2.43. The largest absolute Gasteiger partial charge is 0.493 e. The van der Waals surface area contributed by atoms with Gasteiger partial charge in [0, 0.05) is 36.0 Å². The van der Waals surface area contributed by atoms with Crippen molar-refractivity contribution in [2.24, 2.45) is 0 Å². The molecule has 0 saturated heterocycles. The minimum absolute atomic E-state index is 0.0830. The molecule has 4 rings (SSSR count). The minimum Gasteiger partial charge on any atom is -0.493 e. The first-order chi connectivity index (χ1) is 12.1. The number of benzene rings is 1. The van der Waals surface area contributed by atoms with E-state index in [0.29, 0.717) is 12.8 Å². The molecule has 1 N–H and O–H groups in total. The number of nitrogens with zero attached hydrogens (tertiary/aromatic N) is 2. The summed E-state index contributed by atoms with van der Waals surface area (Å²) in [5.41, 5.74) is 2.16. The van der Waals surface area contributed by atoms with Gasteiger partial charge in [0.05, 0.1) is 24.7 Å². The van der Waals surface area contributed by atoms with Gasteiger partial charge in [0.1, 0.15) is 6.10 Å². The fraction of sp³-hybridized carbons (Fsp3) is 0.526. The zero-order chi connectivity index (χ0) is 17.6. The molecule has 0 aromatic heterocycles. The first-order valence-electron chi connectivity index (χ1n) is 8.62. The monoisotopic (exact) mass is 404 g/mol. The van der Waals surface area contributed by atoms with Gasteiger partial charge in [-0.2, -0.15) is 5.26 Å². The van der Waals surface area contributed by atoms with Crippen LogP contribution in [0.2, 0.25) is 0 Å².